The van der Waals surface area contributed by atoms with Gasteiger partial charge in [0.1, 0.15) is 5.75 Å². The molecule has 1 aliphatic heterocycles. The molecule has 0 bridgehead atoms. The molecule has 1 aliphatic rings. The Labute approximate surface area is 135 Å². The lowest BCUT2D eigenvalue weighted by Crippen LogP contribution is -2.55. The molecule has 2 atom stereocenters. The fraction of sp³-hybridized carbons (Fsp3) is 0.467. The Morgan fingerprint density at radius 1 is 1.26 bits per heavy atom. The maximum absolute atomic E-state index is 12.2. The van der Waals surface area contributed by atoms with Gasteiger partial charge in [0, 0.05) is 18.2 Å². The van der Waals surface area contributed by atoms with Crippen LogP contribution >= 0.6 is 0 Å². The minimum Gasteiger partial charge on any atom is -0.484 e. The minimum atomic E-state index is -3.14. The van der Waals surface area contributed by atoms with E-state index in [1.807, 2.05) is 0 Å². The normalized spacial score (nSPS) is 23.3. The van der Waals surface area contributed by atoms with Gasteiger partial charge in [0.2, 0.25) is 5.91 Å². The van der Waals surface area contributed by atoms with E-state index >= 15 is 0 Å². The van der Waals surface area contributed by atoms with E-state index in [1.165, 1.54) is 17.0 Å². The topological polar surface area (TPSA) is 107 Å². The van der Waals surface area contributed by atoms with Crippen LogP contribution in [0.4, 0.5) is 0 Å². The van der Waals surface area contributed by atoms with Crippen molar-refractivity contribution < 1.29 is 22.7 Å². The highest BCUT2D eigenvalue weighted by atomic mass is 32.2. The second-order valence-electron chi connectivity index (χ2n) is 5.58. The van der Waals surface area contributed by atoms with Crippen molar-refractivity contribution in [3.8, 4) is 5.75 Å². The lowest BCUT2D eigenvalue weighted by atomic mass is 10.2. The molecule has 1 aromatic carbocycles. The number of benzene rings is 1. The van der Waals surface area contributed by atoms with Gasteiger partial charge in [-0.25, -0.2) is 8.42 Å². The zero-order chi connectivity index (χ0) is 17.2. The Hall–Kier alpha value is -2.09. The van der Waals surface area contributed by atoms with E-state index in [4.69, 9.17) is 10.5 Å². The Bertz CT molecular complexity index is 699. The van der Waals surface area contributed by atoms with Gasteiger partial charge in [-0.15, -0.1) is 0 Å². The van der Waals surface area contributed by atoms with E-state index in [0.29, 0.717) is 11.3 Å². The molecule has 126 valence electrons. The molecule has 2 unspecified atom stereocenters. The van der Waals surface area contributed by atoms with Crippen LogP contribution in [0.25, 0.3) is 0 Å². The summed E-state index contributed by atoms with van der Waals surface area (Å²) in [4.78, 5) is 24.8. The third-order valence-corrected chi connectivity index (χ3v) is 6.45. The van der Waals surface area contributed by atoms with Crippen molar-refractivity contribution in [1.29, 1.82) is 0 Å². The second kappa shape index (κ2) is 6.57. The summed E-state index contributed by atoms with van der Waals surface area (Å²) in [5.74, 6) is -0.394. The van der Waals surface area contributed by atoms with Gasteiger partial charge in [-0.2, -0.15) is 0 Å². The average molecular weight is 340 g/mol. The fourth-order valence-corrected chi connectivity index (χ4v) is 4.03. The number of nitrogens with two attached hydrogens (primary N) is 1. The second-order valence-corrected chi connectivity index (χ2v) is 8.05. The largest absolute Gasteiger partial charge is 0.484 e. The summed E-state index contributed by atoms with van der Waals surface area (Å²) in [6, 6.07) is 5.75. The minimum absolute atomic E-state index is 0.0302. The molecule has 23 heavy (non-hydrogen) atoms. The number of hydrogen-bond acceptors (Lipinski definition) is 5. The summed E-state index contributed by atoms with van der Waals surface area (Å²) in [6.45, 7) is 3.33. The van der Waals surface area contributed by atoms with Crippen LogP contribution in [0.3, 0.4) is 0 Å². The number of carbonyl (C=O) groups excluding carboxylic acids is 2. The van der Waals surface area contributed by atoms with E-state index in [9.17, 15) is 18.0 Å². The Morgan fingerprint density at radius 2 is 1.87 bits per heavy atom. The zero-order valence-corrected chi connectivity index (χ0v) is 13.9. The van der Waals surface area contributed by atoms with Gasteiger partial charge in [0.15, 0.2) is 16.4 Å². The molecule has 0 saturated carbocycles. The molecule has 2 rings (SSSR count). The lowest BCUT2D eigenvalue weighted by molar-refractivity contribution is -0.135. The van der Waals surface area contributed by atoms with Crippen LogP contribution in [0, 0.1) is 0 Å². The van der Waals surface area contributed by atoms with Crippen LogP contribution in [0.1, 0.15) is 24.2 Å². The number of ether oxygens (including phenoxy) is 1. The van der Waals surface area contributed by atoms with Crippen LogP contribution in [0.5, 0.6) is 5.75 Å². The van der Waals surface area contributed by atoms with Crippen LogP contribution in [-0.2, 0) is 14.6 Å². The number of sulfone groups is 1. The molecule has 1 heterocycles. The van der Waals surface area contributed by atoms with E-state index in [1.54, 1.807) is 26.0 Å². The number of hydrogen-bond donors (Lipinski definition) is 1. The van der Waals surface area contributed by atoms with Gasteiger partial charge >= 0.3 is 0 Å². The molecule has 0 aromatic heterocycles. The monoisotopic (exact) mass is 340 g/mol. The first kappa shape index (κ1) is 17.3. The van der Waals surface area contributed by atoms with Crippen molar-refractivity contribution >= 4 is 21.7 Å². The average Bonchev–Trinajstić information content (AvgIpc) is 2.51. The maximum Gasteiger partial charge on any atom is 0.260 e. The van der Waals surface area contributed by atoms with E-state index in [-0.39, 0.29) is 30.9 Å². The molecule has 2 N–H and O–H groups in total. The number of carbonyl (C=O) groups is 2. The van der Waals surface area contributed by atoms with Crippen molar-refractivity contribution in [3.05, 3.63) is 29.8 Å². The number of primary amides is 1. The molecule has 0 aliphatic carbocycles. The quantitative estimate of drug-likeness (QED) is 0.842. The van der Waals surface area contributed by atoms with Gasteiger partial charge in [0.25, 0.3) is 5.91 Å². The van der Waals surface area contributed by atoms with Crippen molar-refractivity contribution in [1.82, 2.24) is 4.90 Å². The van der Waals surface area contributed by atoms with Crippen molar-refractivity contribution in [2.45, 2.75) is 25.1 Å². The van der Waals surface area contributed by atoms with Gasteiger partial charge in [0.05, 0.1) is 11.0 Å². The maximum atomic E-state index is 12.2. The summed E-state index contributed by atoms with van der Waals surface area (Å²) in [7, 11) is -3.14. The van der Waals surface area contributed by atoms with Crippen LogP contribution < -0.4 is 10.5 Å². The van der Waals surface area contributed by atoms with E-state index in [2.05, 4.69) is 0 Å². The fourth-order valence-electron chi connectivity index (χ4n) is 2.46. The molecule has 8 heteroatoms. The van der Waals surface area contributed by atoms with Crippen molar-refractivity contribution in [3.63, 3.8) is 0 Å². The smallest absolute Gasteiger partial charge is 0.260 e. The third kappa shape index (κ3) is 3.82. The van der Waals surface area contributed by atoms with Crippen LogP contribution in [0.2, 0.25) is 0 Å². The first-order valence-electron chi connectivity index (χ1n) is 7.26. The molecule has 1 saturated heterocycles. The van der Waals surface area contributed by atoms with Gasteiger partial charge in [-0.05, 0) is 38.1 Å². The summed E-state index contributed by atoms with van der Waals surface area (Å²) >= 11 is 0. The molecule has 0 radical (unpaired) electrons. The molecule has 1 fully saturated rings. The standard InChI is InChI=1S/C15H20N2O5S/c1-10-11(2)23(20,21)8-7-17(10)14(18)9-22-13-5-3-12(4-6-13)15(16)19/h3-6,10-11H,7-9H2,1-2H3,(H2,16,19). The number of rotatable bonds is 4. The third-order valence-electron chi connectivity index (χ3n) is 4.18. The summed E-state index contributed by atoms with van der Waals surface area (Å²) < 4.78 is 29.0. The highest BCUT2D eigenvalue weighted by Crippen LogP contribution is 2.20. The lowest BCUT2D eigenvalue weighted by Gasteiger charge is -2.37. The predicted octanol–water partition coefficient (Wildman–Crippen LogP) is 0.198. The molecule has 0 spiro atoms. The summed E-state index contributed by atoms with van der Waals surface area (Å²) in [5.41, 5.74) is 5.50. The Morgan fingerprint density at radius 3 is 2.43 bits per heavy atom. The van der Waals surface area contributed by atoms with Crippen molar-refractivity contribution in [2.24, 2.45) is 5.73 Å². The van der Waals surface area contributed by atoms with Gasteiger partial charge in [-0.3, -0.25) is 9.59 Å². The summed E-state index contributed by atoms with van der Waals surface area (Å²) in [6.07, 6.45) is 0. The highest BCUT2D eigenvalue weighted by molar-refractivity contribution is 7.92. The molecular formula is C15H20N2O5S. The highest BCUT2D eigenvalue weighted by Gasteiger charge is 2.37. The molecule has 2 amide bonds. The summed E-state index contributed by atoms with van der Waals surface area (Å²) in [5, 5.41) is -0.588. The number of nitrogens with zero attached hydrogens (tertiary/aromatic N) is 1. The molecule has 1 aromatic rings. The van der Waals surface area contributed by atoms with Gasteiger partial charge < -0.3 is 15.4 Å². The zero-order valence-electron chi connectivity index (χ0n) is 13.1. The van der Waals surface area contributed by atoms with Crippen molar-refractivity contribution in [2.75, 3.05) is 18.9 Å². The number of amides is 2. The van der Waals surface area contributed by atoms with Crippen LogP contribution in [0.15, 0.2) is 24.3 Å². The van der Waals surface area contributed by atoms with Gasteiger partial charge in [-0.1, -0.05) is 0 Å². The Kier molecular flexibility index (Phi) is 4.93. The van der Waals surface area contributed by atoms with E-state index < -0.39 is 21.0 Å². The first-order chi connectivity index (χ1) is 10.7. The molecule has 7 nitrogen and oxygen atoms in total. The SMILES string of the molecule is CC1C(C)S(=O)(=O)CCN1C(=O)COc1ccc(C(N)=O)cc1. The Balaban J connectivity index is 1.96. The molecular weight excluding hydrogens is 320 g/mol. The predicted molar refractivity (Wildman–Crippen MR) is 84.9 cm³/mol. The van der Waals surface area contributed by atoms with Crippen LogP contribution in [-0.4, -0.2) is 55.3 Å². The van der Waals surface area contributed by atoms with E-state index in [0.717, 1.165) is 0 Å². The first-order valence-corrected chi connectivity index (χ1v) is 8.97.